The van der Waals surface area contributed by atoms with Crippen LogP contribution in [0.25, 0.3) is 21.5 Å². The van der Waals surface area contributed by atoms with Gasteiger partial charge in [0.25, 0.3) is 0 Å². The van der Waals surface area contributed by atoms with Crippen LogP contribution in [-0.4, -0.2) is 5.11 Å². The van der Waals surface area contributed by atoms with Crippen LogP contribution < -0.4 is 0 Å². The summed E-state index contributed by atoms with van der Waals surface area (Å²) in [7, 11) is 0. The minimum absolute atomic E-state index is 0.415. The van der Waals surface area contributed by atoms with Crippen molar-refractivity contribution >= 4 is 21.5 Å². The monoisotopic (exact) mass is 250 g/mol. The first kappa shape index (κ1) is 12.0. The van der Waals surface area contributed by atoms with Crippen molar-refractivity contribution in [3.8, 4) is 5.75 Å². The van der Waals surface area contributed by atoms with Crippen molar-refractivity contribution in [3.05, 3.63) is 53.6 Å². The lowest BCUT2D eigenvalue weighted by Gasteiger charge is -2.12. The van der Waals surface area contributed by atoms with Gasteiger partial charge in [0.15, 0.2) is 0 Å². The highest BCUT2D eigenvalue weighted by Gasteiger charge is 2.10. The number of hydrogen-bond acceptors (Lipinski definition) is 1. The van der Waals surface area contributed by atoms with Gasteiger partial charge in [0.2, 0.25) is 0 Å². The summed E-state index contributed by atoms with van der Waals surface area (Å²) < 4.78 is 0. The van der Waals surface area contributed by atoms with Gasteiger partial charge in [-0.25, -0.2) is 0 Å². The first-order chi connectivity index (χ1) is 9.24. The second-order valence-electron chi connectivity index (χ2n) is 5.00. The standard InChI is InChI=1S/C18H18O/c1-3-12-9-13(4-2)16-11-14-7-5-6-8-15(14)18(19)17(16)10-12/h5-11,19H,3-4H2,1-2H3. The van der Waals surface area contributed by atoms with E-state index in [0.717, 1.165) is 29.0 Å². The first-order valence-corrected chi connectivity index (χ1v) is 6.90. The molecule has 0 aliphatic heterocycles. The molecule has 1 nitrogen and oxygen atoms in total. The van der Waals surface area contributed by atoms with Gasteiger partial charge in [-0.05, 0) is 46.9 Å². The van der Waals surface area contributed by atoms with Crippen molar-refractivity contribution in [1.29, 1.82) is 0 Å². The Kier molecular flexibility index (Phi) is 2.90. The second-order valence-corrected chi connectivity index (χ2v) is 5.00. The fraction of sp³-hybridized carbons (Fsp3) is 0.222. The third kappa shape index (κ3) is 1.86. The van der Waals surface area contributed by atoms with Gasteiger partial charge in [-0.1, -0.05) is 44.2 Å². The molecular formula is C18H18O. The van der Waals surface area contributed by atoms with E-state index in [9.17, 15) is 5.11 Å². The lowest BCUT2D eigenvalue weighted by atomic mass is 9.94. The molecule has 1 N–H and O–H groups in total. The van der Waals surface area contributed by atoms with Gasteiger partial charge in [0.05, 0.1) is 0 Å². The SMILES string of the molecule is CCc1cc(CC)c2cc3ccccc3c(O)c2c1. The van der Waals surface area contributed by atoms with Crippen LogP contribution in [0.5, 0.6) is 5.75 Å². The topological polar surface area (TPSA) is 20.2 Å². The van der Waals surface area contributed by atoms with E-state index in [-0.39, 0.29) is 0 Å². The highest BCUT2D eigenvalue weighted by molar-refractivity contribution is 6.06. The number of hydrogen-bond donors (Lipinski definition) is 1. The van der Waals surface area contributed by atoms with Crippen molar-refractivity contribution in [3.63, 3.8) is 0 Å². The van der Waals surface area contributed by atoms with Crippen molar-refractivity contribution in [2.24, 2.45) is 0 Å². The van der Waals surface area contributed by atoms with Crippen molar-refractivity contribution < 1.29 is 5.11 Å². The Balaban J connectivity index is 2.50. The van der Waals surface area contributed by atoms with E-state index in [1.165, 1.54) is 16.5 Å². The zero-order valence-electron chi connectivity index (χ0n) is 11.4. The summed E-state index contributed by atoms with van der Waals surface area (Å²) in [6.07, 6.45) is 1.98. The van der Waals surface area contributed by atoms with E-state index in [0.29, 0.717) is 5.75 Å². The van der Waals surface area contributed by atoms with Crippen molar-refractivity contribution in [2.45, 2.75) is 26.7 Å². The van der Waals surface area contributed by atoms with Crippen LogP contribution in [-0.2, 0) is 12.8 Å². The number of rotatable bonds is 2. The molecule has 0 saturated carbocycles. The maximum atomic E-state index is 10.6. The molecule has 0 aromatic heterocycles. The zero-order valence-corrected chi connectivity index (χ0v) is 11.4. The van der Waals surface area contributed by atoms with E-state index in [4.69, 9.17) is 0 Å². The maximum absolute atomic E-state index is 10.6. The summed E-state index contributed by atoms with van der Waals surface area (Å²) in [5, 5.41) is 14.7. The summed E-state index contributed by atoms with van der Waals surface area (Å²) in [6.45, 7) is 4.32. The maximum Gasteiger partial charge on any atom is 0.131 e. The van der Waals surface area contributed by atoms with Crippen LogP contribution in [0.2, 0.25) is 0 Å². The van der Waals surface area contributed by atoms with E-state index < -0.39 is 0 Å². The number of benzene rings is 3. The molecule has 0 fully saturated rings. The Bertz CT molecular complexity index is 756. The molecule has 0 aliphatic rings. The summed E-state index contributed by atoms with van der Waals surface area (Å²) >= 11 is 0. The zero-order chi connectivity index (χ0) is 13.4. The Morgan fingerprint density at radius 3 is 2.37 bits per heavy atom. The third-order valence-corrected chi connectivity index (χ3v) is 3.89. The molecule has 0 atom stereocenters. The fourth-order valence-corrected chi connectivity index (χ4v) is 2.78. The van der Waals surface area contributed by atoms with Crippen LogP contribution in [0, 0.1) is 0 Å². The predicted octanol–water partition coefficient (Wildman–Crippen LogP) is 4.82. The van der Waals surface area contributed by atoms with Gasteiger partial charge >= 0.3 is 0 Å². The highest BCUT2D eigenvalue weighted by atomic mass is 16.3. The van der Waals surface area contributed by atoms with Gasteiger partial charge in [0, 0.05) is 10.8 Å². The van der Waals surface area contributed by atoms with E-state index in [1.807, 2.05) is 18.2 Å². The fourth-order valence-electron chi connectivity index (χ4n) is 2.78. The molecule has 0 aliphatic carbocycles. The molecule has 96 valence electrons. The quantitative estimate of drug-likeness (QED) is 0.646. The highest BCUT2D eigenvalue weighted by Crippen LogP contribution is 2.36. The molecule has 0 amide bonds. The molecule has 3 rings (SSSR count). The number of phenolic OH excluding ortho intramolecular Hbond substituents is 1. The van der Waals surface area contributed by atoms with E-state index in [2.05, 4.69) is 38.1 Å². The molecule has 19 heavy (non-hydrogen) atoms. The molecule has 0 saturated heterocycles. The molecule has 0 spiro atoms. The normalized spacial score (nSPS) is 11.3. The van der Waals surface area contributed by atoms with Gasteiger partial charge in [-0.2, -0.15) is 0 Å². The third-order valence-electron chi connectivity index (χ3n) is 3.89. The average molecular weight is 250 g/mol. The molecule has 0 unspecified atom stereocenters. The van der Waals surface area contributed by atoms with Gasteiger partial charge in [0.1, 0.15) is 5.75 Å². The number of aromatic hydroxyl groups is 1. The first-order valence-electron chi connectivity index (χ1n) is 6.90. The summed E-state index contributed by atoms with van der Waals surface area (Å²) in [5.41, 5.74) is 2.60. The Morgan fingerprint density at radius 2 is 1.63 bits per heavy atom. The Morgan fingerprint density at radius 1 is 0.842 bits per heavy atom. The number of fused-ring (bicyclic) bond motifs is 2. The van der Waals surface area contributed by atoms with Crippen LogP contribution in [0.15, 0.2) is 42.5 Å². The van der Waals surface area contributed by atoms with E-state index >= 15 is 0 Å². The van der Waals surface area contributed by atoms with Crippen LogP contribution >= 0.6 is 0 Å². The Hall–Kier alpha value is -2.02. The molecule has 0 heterocycles. The largest absolute Gasteiger partial charge is 0.507 e. The van der Waals surface area contributed by atoms with Gasteiger partial charge < -0.3 is 5.11 Å². The number of phenols is 1. The van der Waals surface area contributed by atoms with Gasteiger partial charge in [-0.15, -0.1) is 0 Å². The summed E-state index contributed by atoms with van der Waals surface area (Å²) in [5.74, 6) is 0.415. The van der Waals surface area contributed by atoms with Crippen molar-refractivity contribution in [1.82, 2.24) is 0 Å². The molecule has 3 aromatic rings. The Labute approximate surface area is 113 Å². The predicted molar refractivity (Wildman–Crippen MR) is 81.9 cm³/mol. The molecule has 3 aromatic carbocycles. The second kappa shape index (κ2) is 4.58. The minimum Gasteiger partial charge on any atom is -0.507 e. The van der Waals surface area contributed by atoms with Crippen molar-refractivity contribution in [2.75, 3.05) is 0 Å². The molecule has 0 bridgehead atoms. The van der Waals surface area contributed by atoms with Crippen LogP contribution in [0.1, 0.15) is 25.0 Å². The molecule has 0 radical (unpaired) electrons. The number of aryl methyl sites for hydroxylation is 2. The smallest absolute Gasteiger partial charge is 0.131 e. The lowest BCUT2D eigenvalue weighted by molar-refractivity contribution is 0.487. The molecular weight excluding hydrogens is 232 g/mol. The van der Waals surface area contributed by atoms with Gasteiger partial charge in [-0.3, -0.25) is 0 Å². The van der Waals surface area contributed by atoms with Crippen LogP contribution in [0.3, 0.4) is 0 Å². The summed E-state index contributed by atoms with van der Waals surface area (Å²) in [4.78, 5) is 0. The summed E-state index contributed by atoms with van der Waals surface area (Å²) in [6, 6.07) is 14.6. The average Bonchev–Trinajstić information content (AvgIpc) is 2.47. The minimum atomic E-state index is 0.415. The molecule has 1 heteroatoms. The lowest BCUT2D eigenvalue weighted by Crippen LogP contribution is -1.90. The van der Waals surface area contributed by atoms with E-state index in [1.54, 1.807) is 0 Å². The van der Waals surface area contributed by atoms with Crippen LogP contribution in [0.4, 0.5) is 0 Å².